The highest BCUT2D eigenvalue weighted by Crippen LogP contribution is 2.31. The summed E-state index contributed by atoms with van der Waals surface area (Å²) in [5, 5.41) is 11.5. The lowest BCUT2D eigenvalue weighted by atomic mass is 10.2. The van der Waals surface area contributed by atoms with E-state index in [1.807, 2.05) is 0 Å². The van der Waals surface area contributed by atoms with E-state index in [9.17, 15) is 9.59 Å². The number of carbonyl (C=O) groups is 2. The summed E-state index contributed by atoms with van der Waals surface area (Å²) in [6.45, 7) is 5.16. The second-order valence-electron chi connectivity index (χ2n) is 3.83. The second-order valence-corrected chi connectivity index (χ2v) is 5.27. The van der Waals surface area contributed by atoms with Gasteiger partial charge in [0.1, 0.15) is 6.04 Å². The number of ether oxygens (including phenoxy) is 1. The fourth-order valence-corrected chi connectivity index (χ4v) is 2.36. The van der Waals surface area contributed by atoms with Crippen molar-refractivity contribution < 1.29 is 19.4 Å². The minimum atomic E-state index is -0.941. The average Bonchev–Trinajstić information content (AvgIpc) is 2.48. The maximum atomic E-state index is 11.6. The molecule has 0 radical (unpaired) electrons. The van der Waals surface area contributed by atoms with Crippen molar-refractivity contribution in [1.29, 1.82) is 0 Å². The van der Waals surface area contributed by atoms with Gasteiger partial charge in [0.05, 0.1) is 6.10 Å². The van der Waals surface area contributed by atoms with Crippen LogP contribution in [0, 0.1) is 0 Å². The van der Waals surface area contributed by atoms with Gasteiger partial charge >= 0.3 is 11.9 Å². The SMILES string of the molecule is CC(C)OC(=O)C1(C)NC(C(=O)O)CS1. The van der Waals surface area contributed by atoms with Gasteiger partial charge in [-0.1, -0.05) is 0 Å². The largest absolute Gasteiger partial charge is 0.480 e. The maximum Gasteiger partial charge on any atom is 0.336 e. The van der Waals surface area contributed by atoms with Crippen LogP contribution in [0.25, 0.3) is 0 Å². The Kier molecular flexibility index (Phi) is 3.62. The summed E-state index contributed by atoms with van der Waals surface area (Å²) < 4.78 is 5.05. The average molecular weight is 233 g/mol. The van der Waals surface area contributed by atoms with Crippen molar-refractivity contribution in [3.8, 4) is 0 Å². The summed E-state index contributed by atoms with van der Waals surface area (Å²) in [6.07, 6.45) is -0.194. The van der Waals surface area contributed by atoms with Gasteiger partial charge in [-0.25, -0.2) is 4.79 Å². The molecule has 6 heteroatoms. The second kappa shape index (κ2) is 4.40. The van der Waals surface area contributed by atoms with E-state index in [0.717, 1.165) is 0 Å². The lowest BCUT2D eigenvalue weighted by Crippen LogP contribution is -2.49. The summed E-state index contributed by atoms with van der Waals surface area (Å²) >= 11 is 1.26. The van der Waals surface area contributed by atoms with Gasteiger partial charge in [-0.2, -0.15) is 0 Å². The van der Waals surface area contributed by atoms with Crippen LogP contribution in [0.4, 0.5) is 0 Å². The highest BCUT2D eigenvalue weighted by atomic mass is 32.2. The number of carboxylic acid groups (broad SMARTS) is 1. The van der Waals surface area contributed by atoms with Crippen LogP contribution in [0.3, 0.4) is 0 Å². The number of carbonyl (C=O) groups excluding carboxylic acids is 1. The van der Waals surface area contributed by atoms with Crippen LogP contribution in [-0.4, -0.2) is 39.8 Å². The number of aliphatic carboxylic acids is 1. The van der Waals surface area contributed by atoms with E-state index in [0.29, 0.717) is 5.75 Å². The van der Waals surface area contributed by atoms with Gasteiger partial charge in [0.2, 0.25) is 0 Å². The van der Waals surface area contributed by atoms with E-state index in [1.165, 1.54) is 11.8 Å². The number of thioether (sulfide) groups is 1. The molecule has 0 bridgehead atoms. The molecule has 2 atom stereocenters. The topological polar surface area (TPSA) is 75.6 Å². The molecule has 1 fully saturated rings. The fraction of sp³-hybridized carbons (Fsp3) is 0.778. The van der Waals surface area contributed by atoms with Crippen LogP contribution in [0.15, 0.2) is 0 Å². The monoisotopic (exact) mass is 233 g/mol. The highest BCUT2D eigenvalue weighted by Gasteiger charge is 2.45. The first-order chi connectivity index (χ1) is 6.85. The van der Waals surface area contributed by atoms with Crippen LogP contribution in [-0.2, 0) is 14.3 Å². The van der Waals surface area contributed by atoms with Crippen LogP contribution >= 0.6 is 11.8 Å². The molecule has 0 amide bonds. The quantitative estimate of drug-likeness (QED) is 0.689. The highest BCUT2D eigenvalue weighted by molar-refractivity contribution is 8.01. The van der Waals surface area contributed by atoms with E-state index in [2.05, 4.69) is 5.32 Å². The standard InChI is InChI=1S/C9H15NO4S/c1-5(2)14-8(13)9(3)10-6(4-15-9)7(11)12/h5-6,10H,4H2,1-3H3,(H,11,12). The molecule has 2 N–H and O–H groups in total. The zero-order chi connectivity index (χ0) is 11.6. The number of rotatable bonds is 3. The molecule has 0 spiro atoms. The van der Waals surface area contributed by atoms with E-state index in [4.69, 9.17) is 9.84 Å². The molecule has 1 heterocycles. The molecule has 0 saturated carbocycles. The molecule has 0 aliphatic carbocycles. The van der Waals surface area contributed by atoms with Gasteiger partial charge in [0.15, 0.2) is 4.87 Å². The third-order valence-electron chi connectivity index (χ3n) is 2.02. The molecule has 1 aliphatic heterocycles. The van der Waals surface area contributed by atoms with Crippen molar-refractivity contribution >= 4 is 23.7 Å². The smallest absolute Gasteiger partial charge is 0.336 e. The first kappa shape index (κ1) is 12.3. The van der Waals surface area contributed by atoms with E-state index < -0.39 is 22.9 Å². The van der Waals surface area contributed by atoms with E-state index in [1.54, 1.807) is 20.8 Å². The number of hydrogen-bond donors (Lipinski definition) is 2. The lowest BCUT2D eigenvalue weighted by molar-refractivity contribution is -0.151. The number of carboxylic acids is 1. The molecule has 86 valence electrons. The van der Waals surface area contributed by atoms with Crippen molar-refractivity contribution in [3.63, 3.8) is 0 Å². The predicted octanol–water partition coefficient (Wildman–Crippen LogP) is 0.444. The molecule has 2 unspecified atom stereocenters. The van der Waals surface area contributed by atoms with Gasteiger partial charge < -0.3 is 9.84 Å². The van der Waals surface area contributed by atoms with Gasteiger partial charge in [0, 0.05) is 5.75 Å². The van der Waals surface area contributed by atoms with Crippen molar-refractivity contribution in [2.45, 2.75) is 37.8 Å². The van der Waals surface area contributed by atoms with Gasteiger partial charge in [-0.05, 0) is 20.8 Å². The van der Waals surface area contributed by atoms with Crippen LogP contribution in [0.2, 0.25) is 0 Å². The zero-order valence-electron chi connectivity index (χ0n) is 8.94. The summed E-state index contributed by atoms with van der Waals surface area (Å²) in [6, 6.07) is -0.681. The minimum absolute atomic E-state index is 0.194. The number of nitrogens with one attached hydrogen (secondary N) is 1. The normalized spacial score (nSPS) is 30.5. The van der Waals surface area contributed by atoms with Crippen molar-refractivity contribution in [2.75, 3.05) is 5.75 Å². The first-order valence-corrected chi connectivity index (χ1v) is 5.69. The van der Waals surface area contributed by atoms with E-state index >= 15 is 0 Å². The number of hydrogen-bond acceptors (Lipinski definition) is 5. The molecular weight excluding hydrogens is 218 g/mol. The van der Waals surface area contributed by atoms with E-state index in [-0.39, 0.29) is 6.10 Å². The Bertz CT molecular complexity index is 281. The Labute approximate surface area is 92.6 Å². The van der Waals surface area contributed by atoms with Crippen LogP contribution < -0.4 is 5.32 Å². The van der Waals surface area contributed by atoms with Gasteiger partial charge in [-0.3, -0.25) is 10.1 Å². The summed E-state index contributed by atoms with van der Waals surface area (Å²) in [5.74, 6) is -0.978. The molecule has 0 aromatic carbocycles. The predicted molar refractivity (Wildman–Crippen MR) is 56.7 cm³/mol. The van der Waals surface area contributed by atoms with Crippen molar-refractivity contribution in [1.82, 2.24) is 5.32 Å². The Morgan fingerprint density at radius 2 is 2.20 bits per heavy atom. The third kappa shape index (κ3) is 2.85. The number of esters is 1. The lowest BCUT2D eigenvalue weighted by Gasteiger charge is -2.23. The maximum absolute atomic E-state index is 11.6. The van der Waals surface area contributed by atoms with Gasteiger partial charge in [-0.15, -0.1) is 11.8 Å². The van der Waals surface area contributed by atoms with Crippen LogP contribution in [0.1, 0.15) is 20.8 Å². The Morgan fingerprint density at radius 3 is 2.60 bits per heavy atom. The minimum Gasteiger partial charge on any atom is -0.480 e. The summed E-state index contributed by atoms with van der Waals surface area (Å²) in [4.78, 5) is 21.4. The van der Waals surface area contributed by atoms with Crippen LogP contribution in [0.5, 0.6) is 0 Å². The van der Waals surface area contributed by atoms with Crippen molar-refractivity contribution in [2.24, 2.45) is 0 Å². The Hall–Kier alpha value is -0.750. The third-order valence-corrected chi connectivity index (χ3v) is 3.38. The summed E-state index contributed by atoms with van der Waals surface area (Å²) in [5.41, 5.74) is 0. The first-order valence-electron chi connectivity index (χ1n) is 4.70. The molecule has 0 aromatic rings. The molecule has 15 heavy (non-hydrogen) atoms. The summed E-state index contributed by atoms with van der Waals surface area (Å²) in [7, 11) is 0. The molecule has 1 saturated heterocycles. The molecular formula is C9H15NO4S. The molecule has 0 aromatic heterocycles. The fourth-order valence-electron chi connectivity index (χ4n) is 1.24. The molecule has 1 rings (SSSR count). The molecule has 1 aliphatic rings. The molecule has 5 nitrogen and oxygen atoms in total. The van der Waals surface area contributed by atoms with Crippen molar-refractivity contribution in [3.05, 3.63) is 0 Å². The Morgan fingerprint density at radius 1 is 1.60 bits per heavy atom. The van der Waals surface area contributed by atoms with Gasteiger partial charge in [0.25, 0.3) is 0 Å². The zero-order valence-corrected chi connectivity index (χ0v) is 9.76. The Balaban J connectivity index is 2.62.